The Balaban J connectivity index is 2.26. The summed E-state index contributed by atoms with van der Waals surface area (Å²) >= 11 is 0. The number of ether oxygens (including phenoxy) is 2. The van der Waals surface area contributed by atoms with Crippen LogP contribution in [0.5, 0.6) is 11.5 Å². The lowest BCUT2D eigenvalue weighted by Gasteiger charge is -2.08. The summed E-state index contributed by atoms with van der Waals surface area (Å²) in [4.78, 5) is 22.5. The largest absolute Gasteiger partial charge is 0.493 e. The normalized spacial score (nSPS) is 10.3. The van der Waals surface area contributed by atoms with Gasteiger partial charge in [0.1, 0.15) is 5.82 Å². The summed E-state index contributed by atoms with van der Waals surface area (Å²) in [6.45, 7) is 0. The molecule has 0 aliphatic carbocycles. The minimum Gasteiger partial charge on any atom is -0.493 e. The number of amides is 1. The number of hydrogen-bond acceptors (Lipinski definition) is 7. The number of nitriles is 1. The number of halogens is 1. The average Bonchev–Trinajstić information content (AvgIpc) is 2.66. The molecule has 0 unspecified atom stereocenters. The van der Waals surface area contributed by atoms with Crippen molar-refractivity contribution in [3.63, 3.8) is 0 Å². The second-order valence-corrected chi connectivity index (χ2v) is 5.03. The highest BCUT2D eigenvalue weighted by atomic mass is 19.1. The first-order valence-electron chi connectivity index (χ1n) is 7.34. The number of rotatable bonds is 6. The van der Waals surface area contributed by atoms with Crippen LogP contribution < -0.4 is 14.9 Å². The summed E-state index contributed by atoms with van der Waals surface area (Å²) in [5, 5.41) is 23.5. The van der Waals surface area contributed by atoms with Crippen LogP contribution in [0.2, 0.25) is 0 Å². The van der Waals surface area contributed by atoms with Crippen molar-refractivity contribution in [1.29, 1.82) is 5.26 Å². The highest BCUT2D eigenvalue weighted by molar-refractivity contribution is 5.95. The van der Waals surface area contributed by atoms with Crippen LogP contribution in [0.1, 0.15) is 21.5 Å². The van der Waals surface area contributed by atoms with Crippen LogP contribution >= 0.6 is 0 Å². The molecule has 2 aromatic carbocycles. The molecule has 2 aromatic rings. The number of carbonyl (C=O) groups excluding carboxylic acids is 1. The number of methoxy groups -OCH3 is 2. The van der Waals surface area contributed by atoms with Gasteiger partial charge in [0, 0.05) is 0 Å². The maximum atomic E-state index is 13.8. The summed E-state index contributed by atoms with van der Waals surface area (Å²) in [5.74, 6) is -1.38. The number of nitro benzene ring substituents is 1. The third-order valence-corrected chi connectivity index (χ3v) is 3.44. The van der Waals surface area contributed by atoms with E-state index in [1.54, 1.807) is 6.07 Å². The number of nitrogens with zero attached hydrogens (tertiary/aromatic N) is 3. The SMILES string of the molecule is COc1cc(/C=N\NC(=O)c2ccc(C#N)cc2F)c([N+](=O)[O-])cc1OC. The van der Waals surface area contributed by atoms with Gasteiger partial charge >= 0.3 is 0 Å². The zero-order valence-corrected chi connectivity index (χ0v) is 14.2. The van der Waals surface area contributed by atoms with E-state index in [4.69, 9.17) is 14.7 Å². The van der Waals surface area contributed by atoms with Gasteiger partial charge in [0.05, 0.1) is 54.2 Å². The third kappa shape index (κ3) is 4.35. The van der Waals surface area contributed by atoms with Crippen molar-refractivity contribution in [3.05, 3.63) is 63.0 Å². The molecule has 2 rings (SSSR count). The number of nitro groups is 1. The van der Waals surface area contributed by atoms with Crippen LogP contribution in [-0.2, 0) is 0 Å². The van der Waals surface area contributed by atoms with Crippen LogP contribution in [0.25, 0.3) is 0 Å². The molecule has 0 fully saturated rings. The predicted molar refractivity (Wildman–Crippen MR) is 92.4 cm³/mol. The summed E-state index contributed by atoms with van der Waals surface area (Å²) in [5.41, 5.74) is 1.52. The molecule has 0 aliphatic heterocycles. The van der Waals surface area contributed by atoms with E-state index in [9.17, 15) is 19.3 Å². The van der Waals surface area contributed by atoms with Crippen LogP contribution in [0.3, 0.4) is 0 Å². The molecule has 0 heterocycles. The molecule has 0 saturated carbocycles. The van der Waals surface area contributed by atoms with Crippen LogP contribution in [0.15, 0.2) is 35.4 Å². The van der Waals surface area contributed by atoms with Gasteiger partial charge in [0.25, 0.3) is 11.6 Å². The smallest absolute Gasteiger partial charge is 0.282 e. The molecule has 0 bridgehead atoms. The fourth-order valence-electron chi connectivity index (χ4n) is 2.13. The Morgan fingerprint density at radius 2 is 1.96 bits per heavy atom. The van der Waals surface area contributed by atoms with Crippen molar-refractivity contribution in [2.24, 2.45) is 5.10 Å². The lowest BCUT2D eigenvalue weighted by molar-refractivity contribution is -0.385. The zero-order valence-electron chi connectivity index (χ0n) is 14.2. The molecule has 1 N–H and O–H groups in total. The van der Waals surface area contributed by atoms with E-state index in [1.165, 1.54) is 26.4 Å². The van der Waals surface area contributed by atoms with Gasteiger partial charge in [-0.25, -0.2) is 9.82 Å². The van der Waals surface area contributed by atoms with Crippen LogP contribution in [0.4, 0.5) is 10.1 Å². The molecule has 0 spiro atoms. The van der Waals surface area contributed by atoms with Crippen molar-refractivity contribution in [2.45, 2.75) is 0 Å². The highest BCUT2D eigenvalue weighted by Crippen LogP contribution is 2.33. The van der Waals surface area contributed by atoms with Gasteiger partial charge in [0.2, 0.25) is 0 Å². The van der Waals surface area contributed by atoms with Crippen molar-refractivity contribution < 1.29 is 23.6 Å². The van der Waals surface area contributed by atoms with Crippen LogP contribution in [-0.4, -0.2) is 31.3 Å². The minimum absolute atomic E-state index is 0.0400. The van der Waals surface area contributed by atoms with E-state index in [2.05, 4.69) is 10.5 Å². The Hall–Kier alpha value is -4.00. The number of hydrazone groups is 1. The van der Waals surface area contributed by atoms with E-state index in [0.29, 0.717) is 0 Å². The molecule has 0 radical (unpaired) electrons. The van der Waals surface area contributed by atoms with Gasteiger partial charge in [-0.15, -0.1) is 0 Å². The molecule has 0 aromatic heterocycles. The first-order chi connectivity index (χ1) is 12.9. The standard InChI is InChI=1S/C17H13FN4O5/c1-26-15-6-11(14(22(24)25)7-16(15)27-2)9-20-21-17(23)12-4-3-10(8-19)5-13(12)18/h3-7,9H,1-2H3,(H,21,23)/b20-9-. The van der Waals surface area contributed by atoms with E-state index in [1.807, 2.05) is 0 Å². The van der Waals surface area contributed by atoms with Crippen LogP contribution in [0, 0.1) is 27.3 Å². The van der Waals surface area contributed by atoms with Crippen molar-refractivity contribution in [1.82, 2.24) is 5.43 Å². The molecule has 0 atom stereocenters. The van der Waals surface area contributed by atoms with Crippen molar-refractivity contribution in [3.8, 4) is 17.6 Å². The maximum Gasteiger partial charge on any atom is 0.282 e. The lowest BCUT2D eigenvalue weighted by Crippen LogP contribution is -2.19. The highest BCUT2D eigenvalue weighted by Gasteiger charge is 2.18. The van der Waals surface area contributed by atoms with Gasteiger partial charge in [-0.3, -0.25) is 14.9 Å². The molecular formula is C17H13FN4O5. The van der Waals surface area contributed by atoms with Gasteiger partial charge in [-0.1, -0.05) is 0 Å². The first kappa shape index (κ1) is 19.3. The number of carbonyl (C=O) groups is 1. The third-order valence-electron chi connectivity index (χ3n) is 3.44. The van der Waals surface area contributed by atoms with E-state index < -0.39 is 16.6 Å². The summed E-state index contributed by atoms with van der Waals surface area (Å²) in [6, 6.07) is 7.55. The van der Waals surface area contributed by atoms with E-state index in [-0.39, 0.29) is 33.9 Å². The molecule has 27 heavy (non-hydrogen) atoms. The van der Waals surface area contributed by atoms with Crippen molar-refractivity contribution in [2.75, 3.05) is 14.2 Å². The lowest BCUT2D eigenvalue weighted by atomic mass is 10.1. The Bertz CT molecular complexity index is 969. The Morgan fingerprint density at radius 3 is 2.52 bits per heavy atom. The zero-order chi connectivity index (χ0) is 20.0. The van der Waals surface area contributed by atoms with Gasteiger partial charge in [-0.2, -0.15) is 10.4 Å². The van der Waals surface area contributed by atoms with E-state index in [0.717, 1.165) is 24.4 Å². The summed E-state index contributed by atoms with van der Waals surface area (Å²) in [6.07, 6.45) is 1.03. The van der Waals surface area contributed by atoms with E-state index >= 15 is 0 Å². The number of benzene rings is 2. The summed E-state index contributed by atoms with van der Waals surface area (Å²) in [7, 11) is 2.70. The first-order valence-corrected chi connectivity index (χ1v) is 7.34. The minimum atomic E-state index is -0.890. The Kier molecular flexibility index (Phi) is 6.01. The Morgan fingerprint density at radius 1 is 1.30 bits per heavy atom. The maximum absolute atomic E-state index is 13.8. The number of hydrogen-bond donors (Lipinski definition) is 1. The second-order valence-electron chi connectivity index (χ2n) is 5.03. The predicted octanol–water partition coefficient (Wildman–Crippen LogP) is 2.39. The second kappa shape index (κ2) is 8.39. The monoisotopic (exact) mass is 372 g/mol. The molecule has 1 amide bonds. The van der Waals surface area contributed by atoms with Crippen molar-refractivity contribution >= 4 is 17.8 Å². The fourth-order valence-corrected chi connectivity index (χ4v) is 2.13. The molecule has 138 valence electrons. The van der Waals surface area contributed by atoms with Gasteiger partial charge < -0.3 is 9.47 Å². The fraction of sp³-hybridized carbons (Fsp3) is 0.118. The molecular weight excluding hydrogens is 359 g/mol. The quantitative estimate of drug-likeness (QED) is 0.471. The molecule has 0 saturated heterocycles. The molecule has 0 aliphatic rings. The van der Waals surface area contributed by atoms with Gasteiger partial charge in [0.15, 0.2) is 11.5 Å². The Labute approximate surface area is 152 Å². The topological polar surface area (TPSA) is 127 Å². The van der Waals surface area contributed by atoms with Gasteiger partial charge in [-0.05, 0) is 24.3 Å². The molecule has 10 heteroatoms. The average molecular weight is 372 g/mol. The summed E-state index contributed by atoms with van der Waals surface area (Å²) < 4.78 is 23.9. The molecule has 9 nitrogen and oxygen atoms in total. The number of nitrogens with one attached hydrogen (secondary N) is 1.